The number of amides is 2. The van der Waals surface area contributed by atoms with Gasteiger partial charge in [-0.15, -0.1) is 11.8 Å². The third kappa shape index (κ3) is 3.61. The lowest BCUT2D eigenvalue weighted by Gasteiger charge is -2.28. The minimum absolute atomic E-state index is 0.00380. The van der Waals surface area contributed by atoms with Gasteiger partial charge in [0.15, 0.2) is 0 Å². The number of hydrogen-bond acceptors (Lipinski definition) is 4. The molecule has 0 spiro atoms. The molecule has 1 fully saturated rings. The van der Waals surface area contributed by atoms with E-state index in [1.807, 2.05) is 26.8 Å². The van der Waals surface area contributed by atoms with Gasteiger partial charge in [-0.2, -0.15) is 0 Å². The van der Waals surface area contributed by atoms with E-state index in [9.17, 15) is 9.59 Å². The van der Waals surface area contributed by atoms with Crippen LogP contribution < -0.4 is 5.32 Å². The van der Waals surface area contributed by atoms with Crippen molar-refractivity contribution in [1.82, 2.24) is 10.2 Å². The lowest BCUT2D eigenvalue weighted by Crippen LogP contribution is -2.48. The Hall–Kier alpha value is -1.43. The van der Waals surface area contributed by atoms with Crippen molar-refractivity contribution in [3.8, 4) is 0 Å². The molecule has 0 radical (unpaired) electrons. The highest BCUT2D eigenvalue weighted by molar-refractivity contribution is 7.99. The maximum absolute atomic E-state index is 12.4. The van der Waals surface area contributed by atoms with Gasteiger partial charge in [-0.1, -0.05) is 20.8 Å². The summed E-state index contributed by atoms with van der Waals surface area (Å²) in [7, 11) is 0. The van der Waals surface area contributed by atoms with Crippen LogP contribution in [0.5, 0.6) is 0 Å². The van der Waals surface area contributed by atoms with E-state index >= 15 is 0 Å². The van der Waals surface area contributed by atoms with Gasteiger partial charge in [0.25, 0.3) is 0 Å². The highest BCUT2D eigenvalue weighted by Gasteiger charge is 2.41. The summed E-state index contributed by atoms with van der Waals surface area (Å²) in [5, 5.41) is 2.80. The minimum atomic E-state index is -0.402. The summed E-state index contributed by atoms with van der Waals surface area (Å²) in [5.41, 5.74) is 0.931. The molecule has 2 atom stereocenters. The molecule has 2 unspecified atom stereocenters. The van der Waals surface area contributed by atoms with Crippen molar-refractivity contribution in [1.29, 1.82) is 0 Å². The Morgan fingerprint density at radius 2 is 2.29 bits per heavy atom. The molecule has 116 valence electrons. The maximum Gasteiger partial charge on any atom is 0.243 e. The molecule has 2 amide bonds. The molecule has 1 aromatic heterocycles. The van der Waals surface area contributed by atoms with E-state index in [-0.39, 0.29) is 17.2 Å². The van der Waals surface area contributed by atoms with E-state index in [1.54, 1.807) is 29.2 Å². The number of rotatable bonds is 5. The molecule has 2 rings (SSSR count). The second-order valence-electron chi connectivity index (χ2n) is 5.55. The van der Waals surface area contributed by atoms with Crippen LogP contribution in [0, 0.1) is 5.92 Å². The molecule has 1 N–H and O–H groups in total. The molecule has 5 nitrogen and oxygen atoms in total. The summed E-state index contributed by atoms with van der Waals surface area (Å²) >= 11 is 1.61. The first-order valence-corrected chi connectivity index (χ1v) is 8.32. The van der Waals surface area contributed by atoms with Crippen molar-refractivity contribution in [3.63, 3.8) is 0 Å². The minimum Gasteiger partial charge on any atom is -0.472 e. The Balaban J connectivity index is 2.14. The van der Waals surface area contributed by atoms with Crippen molar-refractivity contribution in [2.75, 3.05) is 12.3 Å². The van der Waals surface area contributed by atoms with Crippen LogP contribution in [0.25, 0.3) is 0 Å². The zero-order chi connectivity index (χ0) is 15.4. The van der Waals surface area contributed by atoms with Crippen LogP contribution in [0.4, 0.5) is 0 Å². The summed E-state index contributed by atoms with van der Waals surface area (Å²) in [4.78, 5) is 26.3. The molecule has 0 aliphatic carbocycles. The highest BCUT2D eigenvalue weighted by Crippen LogP contribution is 2.41. The molecule has 0 bridgehead atoms. The first-order valence-electron chi connectivity index (χ1n) is 7.27. The average Bonchev–Trinajstić information content (AvgIpc) is 3.11. The molecule has 1 aromatic rings. The van der Waals surface area contributed by atoms with Gasteiger partial charge < -0.3 is 14.6 Å². The molecule has 1 saturated heterocycles. The van der Waals surface area contributed by atoms with Crippen molar-refractivity contribution in [2.24, 2.45) is 5.92 Å². The number of carbonyl (C=O) groups excluding carboxylic acids is 2. The van der Waals surface area contributed by atoms with Gasteiger partial charge in [0.05, 0.1) is 12.5 Å². The van der Waals surface area contributed by atoms with Gasteiger partial charge in [-0.3, -0.25) is 9.59 Å². The van der Waals surface area contributed by atoms with E-state index in [4.69, 9.17) is 4.42 Å². The Morgan fingerprint density at radius 1 is 1.52 bits per heavy atom. The Bertz CT molecular complexity index is 487. The Kier molecular flexibility index (Phi) is 5.33. The van der Waals surface area contributed by atoms with Crippen molar-refractivity contribution < 1.29 is 14.0 Å². The number of nitrogens with zero attached hydrogens (tertiary/aromatic N) is 1. The number of thioether (sulfide) groups is 1. The first kappa shape index (κ1) is 15.9. The molecule has 1 aliphatic rings. The van der Waals surface area contributed by atoms with Crippen molar-refractivity contribution >= 4 is 23.6 Å². The lowest BCUT2D eigenvalue weighted by molar-refractivity contribution is -0.139. The first-order chi connectivity index (χ1) is 10.0. The van der Waals surface area contributed by atoms with Crippen LogP contribution in [0.15, 0.2) is 23.0 Å². The summed E-state index contributed by atoms with van der Waals surface area (Å²) in [6.07, 6.45) is 3.63. The van der Waals surface area contributed by atoms with Gasteiger partial charge >= 0.3 is 0 Å². The van der Waals surface area contributed by atoms with Crippen LogP contribution in [-0.2, 0) is 9.59 Å². The quantitative estimate of drug-likeness (QED) is 0.907. The van der Waals surface area contributed by atoms with E-state index in [0.717, 1.165) is 5.56 Å². The summed E-state index contributed by atoms with van der Waals surface area (Å²) in [6, 6.07) is 1.45. The summed E-state index contributed by atoms with van der Waals surface area (Å²) in [6.45, 7) is 6.55. The molecule has 0 aromatic carbocycles. The fourth-order valence-corrected chi connectivity index (χ4v) is 3.72. The van der Waals surface area contributed by atoms with E-state index in [2.05, 4.69) is 5.32 Å². The molecule has 1 aliphatic heterocycles. The zero-order valence-electron chi connectivity index (χ0n) is 12.7. The fourth-order valence-electron chi connectivity index (χ4n) is 2.29. The number of carbonyl (C=O) groups is 2. The molecule has 2 heterocycles. The second kappa shape index (κ2) is 7.02. The largest absolute Gasteiger partial charge is 0.472 e. The molecular formula is C15H22N2O3S. The fraction of sp³-hybridized carbons (Fsp3) is 0.600. The summed E-state index contributed by atoms with van der Waals surface area (Å²) in [5.74, 6) is 0.939. The van der Waals surface area contributed by atoms with Crippen LogP contribution >= 0.6 is 11.8 Å². The highest BCUT2D eigenvalue weighted by atomic mass is 32.2. The van der Waals surface area contributed by atoms with Crippen LogP contribution in [0.2, 0.25) is 0 Å². The number of nitrogens with one attached hydrogen (secondary N) is 1. The zero-order valence-corrected chi connectivity index (χ0v) is 13.5. The predicted octanol–water partition coefficient (Wildman–Crippen LogP) is 2.40. The molecular weight excluding hydrogens is 288 g/mol. The van der Waals surface area contributed by atoms with Crippen molar-refractivity contribution in [2.45, 2.75) is 38.6 Å². The Morgan fingerprint density at radius 3 is 2.86 bits per heavy atom. The SMILES string of the molecule is CCC(=O)N1C(C(=O)NCC(C)C)CSC1c1ccoc1. The second-order valence-corrected chi connectivity index (χ2v) is 6.66. The molecule has 6 heteroatoms. The van der Waals surface area contributed by atoms with Crippen molar-refractivity contribution in [3.05, 3.63) is 24.2 Å². The third-order valence-electron chi connectivity index (χ3n) is 3.41. The Labute approximate surface area is 129 Å². The topological polar surface area (TPSA) is 62.6 Å². The lowest BCUT2D eigenvalue weighted by atomic mass is 10.2. The van der Waals surface area contributed by atoms with Gasteiger partial charge in [0.2, 0.25) is 11.8 Å². The maximum atomic E-state index is 12.4. The van der Waals surface area contributed by atoms with Crippen LogP contribution in [-0.4, -0.2) is 35.1 Å². The third-order valence-corrected chi connectivity index (χ3v) is 4.73. The molecule has 21 heavy (non-hydrogen) atoms. The average molecular weight is 310 g/mol. The summed E-state index contributed by atoms with van der Waals surface area (Å²) < 4.78 is 5.11. The van der Waals surface area contributed by atoms with Gasteiger partial charge in [0.1, 0.15) is 11.4 Å². The monoisotopic (exact) mass is 310 g/mol. The standard InChI is InChI=1S/C15H22N2O3S/c1-4-13(18)17-12(14(19)16-7-10(2)3)9-21-15(17)11-5-6-20-8-11/h5-6,8,10,12,15H,4,7,9H2,1-3H3,(H,16,19). The smallest absolute Gasteiger partial charge is 0.243 e. The van der Waals surface area contributed by atoms with Gasteiger partial charge in [-0.05, 0) is 12.0 Å². The van der Waals surface area contributed by atoms with Crippen LogP contribution in [0.1, 0.15) is 38.1 Å². The predicted molar refractivity (Wildman–Crippen MR) is 82.7 cm³/mol. The number of hydrogen-bond donors (Lipinski definition) is 1. The van der Waals surface area contributed by atoms with E-state index in [1.165, 1.54) is 0 Å². The molecule has 0 saturated carbocycles. The van der Waals surface area contributed by atoms with E-state index < -0.39 is 6.04 Å². The van der Waals surface area contributed by atoms with Gasteiger partial charge in [0, 0.05) is 24.3 Å². The van der Waals surface area contributed by atoms with Gasteiger partial charge in [-0.25, -0.2) is 0 Å². The number of furan rings is 1. The van der Waals surface area contributed by atoms with E-state index in [0.29, 0.717) is 24.6 Å². The normalized spacial score (nSPS) is 21.8. The van der Waals surface area contributed by atoms with Crippen LogP contribution in [0.3, 0.4) is 0 Å².